The van der Waals surface area contributed by atoms with E-state index in [2.05, 4.69) is 5.32 Å². The first-order chi connectivity index (χ1) is 9.47. The number of Topliss-reactive ketones (excluding diaryl/α,β-unsaturated/α-hetero) is 1. The molecule has 0 saturated heterocycles. The minimum absolute atomic E-state index is 0.0946. The summed E-state index contributed by atoms with van der Waals surface area (Å²) < 4.78 is 5.92. The maximum absolute atomic E-state index is 12.2. The third kappa shape index (κ3) is 3.25. The van der Waals surface area contributed by atoms with Crippen molar-refractivity contribution in [2.75, 3.05) is 17.7 Å². The van der Waals surface area contributed by atoms with E-state index >= 15 is 0 Å². The highest BCUT2D eigenvalue weighted by atomic mass is 35.5. The standard InChI is InChI=1S/C15H20ClNO3/c1-3-15(2)7-13(19)12-6-10(4-5-14(12)20-15)17-9-11(18)8-16/h4-6,11,17-18H,3,7-9H2,1-2H3. The molecule has 1 aromatic rings. The van der Waals surface area contributed by atoms with Crippen LogP contribution in [0.15, 0.2) is 18.2 Å². The van der Waals surface area contributed by atoms with Crippen LogP contribution in [0.5, 0.6) is 5.75 Å². The number of benzene rings is 1. The number of aliphatic hydroxyl groups excluding tert-OH is 1. The first kappa shape index (κ1) is 15.1. The number of fused-ring (bicyclic) bond motifs is 1. The van der Waals surface area contributed by atoms with Crippen molar-refractivity contribution in [3.63, 3.8) is 0 Å². The van der Waals surface area contributed by atoms with Gasteiger partial charge in [-0.05, 0) is 31.5 Å². The van der Waals surface area contributed by atoms with Crippen LogP contribution >= 0.6 is 11.6 Å². The number of ether oxygens (including phenoxy) is 1. The Morgan fingerprint density at radius 1 is 1.55 bits per heavy atom. The lowest BCUT2D eigenvalue weighted by molar-refractivity contribution is 0.0499. The van der Waals surface area contributed by atoms with E-state index in [0.717, 1.165) is 12.1 Å². The van der Waals surface area contributed by atoms with Gasteiger partial charge in [-0.1, -0.05) is 6.92 Å². The molecule has 0 amide bonds. The van der Waals surface area contributed by atoms with Crippen LogP contribution < -0.4 is 10.1 Å². The van der Waals surface area contributed by atoms with Crippen molar-refractivity contribution in [1.29, 1.82) is 0 Å². The van der Waals surface area contributed by atoms with Crippen LogP contribution in [-0.4, -0.2) is 35.0 Å². The van der Waals surface area contributed by atoms with Crippen LogP contribution in [-0.2, 0) is 0 Å². The van der Waals surface area contributed by atoms with Gasteiger partial charge in [-0.15, -0.1) is 11.6 Å². The number of nitrogens with one attached hydrogen (secondary N) is 1. The maximum atomic E-state index is 12.2. The number of rotatable bonds is 5. The molecule has 0 spiro atoms. The Morgan fingerprint density at radius 3 is 2.95 bits per heavy atom. The van der Waals surface area contributed by atoms with Crippen molar-refractivity contribution in [2.45, 2.75) is 38.4 Å². The monoisotopic (exact) mass is 297 g/mol. The molecule has 110 valence electrons. The first-order valence-electron chi connectivity index (χ1n) is 6.81. The van der Waals surface area contributed by atoms with Gasteiger partial charge < -0.3 is 15.2 Å². The number of anilines is 1. The van der Waals surface area contributed by atoms with E-state index in [4.69, 9.17) is 16.3 Å². The van der Waals surface area contributed by atoms with Gasteiger partial charge in [0.2, 0.25) is 0 Å². The predicted octanol–water partition coefficient (Wildman–Crippen LogP) is 2.83. The van der Waals surface area contributed by atoms with Crippen LogP contribution in [0.4, 0.5) is 5.69 Å². The summed E-state index contributed by atoms with van der Waals surface area (Å²) in [5, 5.41) is 12.5. The number of alkyl halides is 1. The fraction of sp³-hybridized carbons (Fsp3) is 0.533. The fourth-order valence-corrected chi connectivity index (χ4v) is 2.28. The number of carbonyl (C=O) groups excluding carboxylic acids is 1. The zero-order valence-corrected chi connectivity index (χ0v) is 12.5. The number of hydrogen-bond donors (Lipinski definition) is 2. The molecule has 2 unspecified atom stereocenters. The Morgan fingerprint density at radius 2 is 2.30 bits per heavy atom. The molecule has 2 atom stereocenters. The minimum atomic E-state index is -0.608. The highest BCUT2D eigenvalue weighted by Crippen LogP contribution is 2.36. The summed E-state index contributed by atoms with van der Waals surface area (Å²) in [6.45, 7) is 4.32. The molecule has 0 fully saturated rings. The zero-order chi connectivity index (χ0) is 14.8. The molecule has 1 heterocycles. The van der Waals surface area contributed by atoms with Crippen molar-refractivity contribution in [2.24, 2.45) is 0 Å². The lowest BCUT2D eigenvalue weighted by Crippen LogP contribution is -2.38. The molecule has 0 aliphatic carbocycles. The molecule has 2 N–H and O–H groups in total. The number of aliphatic hydroxyl groups is 1. The van der Waals surface area contributed by atoms with Crippen LogP contribution in [0.1, 0.15) is 37.0 Å². The summed E-state index contributed by atoms with van der Waals surface area (Å²) in [5.41, 5.74) is 0.972. The molecular weight excluding hydrogens is 278 g/mol. The van der Waals surface area contributed by atoms with E-state index < -0.39 is 11.7 Å². The second-order valence-electron chi connectivity index (χ2n) is 5.41. The smallest absolute Gasteiger partial charge is 0.170 e. The number of hydrogen-bond acceptors (Lipinski definition) is 4. The Bertz CT molecular complexity index is 506. The second-order valence-corrected chi connectivity index (χ2v) is 5.71. The number of ketones is 1. The van der Waals surface area contributed by atoms with Crippen molar-refractivity contribution in [1.82, 2.24) is 0 Å². The Kier molecular flexibility index (Phi) is 4.55. The summed E-state index contributed by atoms with van der Waals surface area (Å²) in [4.78, 5) is 12.2. The van der Waals surface area contributed by atoms with E-state index in [0.29, 0.717) is 24.3 Å². The highest BCUT2D eigenvalue weighted by Gasteiger charge is 2.35. The van der Waals surface area contributed by atoms with E-state index in [1.165, 1.54) is 0 Å². The van der Waals surface area contributed by atoms with E-state index in [1.54, 1.807) is 12.1 Å². The van der Waals surface area contributed by atoms with Gasteiger partial charge in [-0.2, -0.15) is 0 Å². The van der Waals surface area contributed by atoms with Crippen LogP contribution in [0.2, 0.25) is 0 Å². The molecule has 0 bridgehead atoms. The normalized spacial score (nSPS) is 22.9. The summed E-state index contributed by atoms with van der Waals surface area (Å²) in [7, 11) is 0. The van der Waals surface area contributed by atoms with E-state index in [9.17, 15) is 9.90 Å². The molecule has 0 radical (unpaired) electrons. The van der Waals surface area contributed by atoms with E-state index in [-0.39, 0.29) is 11.7 Å². The molecule has 5 heteroatoms. The molecule has 0 aromatic heterocycles. The third-order valence-electron chi connectivity index (χ3n) is 3.64. The summed E-state index contributed by atoms with van der Waals surface area (Å²) in [6.07, 6.45) is 0.577. The van der Waals surface area contributed by atoms with Crippen LogP contribution in [0.3, 0.4) is 0 Å². The SMILES string of the molecule is CCC1(C)CC(=O)c2cc(NCC(O)CCl)ccc2O1. The van der Waals surface area contributed by atoms with Gasteiger partial charge in [0.05, 0.1) is 24.0 Å². The third-order valence-corrected chi connectivity index (χ3v) is 3.99. The summed E-state index contributed by atoms with van der Waals surface area (Å²) >= 11 is 5.54. The lowest BCUT2D eigenvalue weighted by atomic mass is 9.89. The van der Waals surface area contributed by atoms with Gasteiger partial charge in [0.15, 0.2) is 5.78 Å². The van der Waals surface area contributed by atoms with Gasteiger partial charge in [-0.3, -0.25) is 4.79 Å². The maximum Gasteiger partial charge on any atom is 0.170 e. The molecule has 4 nitrogen and oxygen atoms in total. The topological polar surface area (TPSA) is 58.6 Å². The summed E-state index contributed by atoms with van der Waals surface area (Å²) in [5.74, 6) is 0.903. The lowest BCUT2D eigenvalue weighted by Gasteiger charge is -2.34. The second kappa shape index (κ2) is 6.02. The van der Waals surface area contributed by atoms with Gasteiger partial charge in [-0.25, -0.2) is 0 Å². The fourth-order valence-electron chi connectivity index (χ4n) is 2.17. The molecule has 20 heavy (non-hydrogen) atoms. The van der Waals surface area contributed by atoms with Gasteiger partial charge >= 0.3 is 0 Å². The number of carbonyl (C=O) groups is 1. The summed E-state index contributed by atoms with van der Waals surface area (Å²) in [6, 6.07) is 5.41. The molecule has 1 aliphatic heterocycles. The van der Waals surface area contributed by atoms with Gasteiger partial charge in [0.1, 0.15) is 11.4 Å². The van der Waals surface area contributed by atoms with Crippen molar-refractivity contribution < 1.29 is 14.6 Å². The Balaban J connectivity index is 2.16. The van der Waals surface area contributed by atoms with Crippen molar-refractivity contribution >= 4 is 23.1 Å². The minimum Gasteiger partial charge on any atom is -0.486 e. The Labute approximate surface area is 124 Å². The molecular formula is C15H20ClNO3. The zero-order valence-electron chi connectivity index (χ0n) is 11.8. The van der Waals surface area contributed by atoms with Gasteiger partial charge in [0, 0.05) is 12.2 Å². The Hall–Kier alpha value is -1.26. The first-order valence-corrected chi connectivity index (χ1v) is 7.35. The quantitative estimate of drug-likeness (QED) is 0.821. The molecule has 1 aromatic carbocycles. The largest absolute Gasteiger partial charge is 0.486 e. The van der Waals surface area contributed by atoms with Gasteiger partial charge in [0.25, 0.3) is 0 Å². The molecule has 2 rings (SSSR count). The van der Waals surface area contributed by atoms with Crippen LogP contribution in [0.25, 0.3) is 0 Å². The number of halogens is 1. The van der Waals surface area contributed by atoms with Crippen molar-refractivity contribution in [3.8, 4) is 5.75 Å². The van der Waals surface area contributed by atoms with Crippen LogP contribution in [0, 0.1) is 0 Å². The van der Waals surface area contributed by atoms with E-state index in [1.807, 2.05) is 19.9 Å². The predicted molar refractivity (Wildman–Crippen MR) is 79.9 cm³/mol. The average Bonchev–Trinajstić information content (AvgIpc) is 2.45. The average molecular weight is 298 g/mol. The molecule has 0 saturated carbocycles. The highest BCUT2D eigenvalue weighted by molar-refractivity contribution is 6.18. The van der Waals surface area contributed by atoms with Crippen molar-refractivity contribution in [3.05, 3.63) is 23.8 Å². The molecule has 1 aliphatic rings.